The van der Waals surface area contributed by atoms with Gasteiger partial charge in [-0.2, -0.15) is 0 Å². The van der Waals surface area contributed by atoms with Crippen molar-refractivity contribution in [3.05, 3.63) is 41.9 Å². The van der Waals surface area contributed by atoms with Crippen LogP contribution in [0.4, 0.5) is 0 Å². The van der Waals surface area contributed by atoms with E-state index in [-0.39, 0.29) is 11.8 Å². The van der Waals surface area contributed by atoms with Crippen LogP contribution in [0.2, 0.25) is 0 Å². The van der Waals surface area contributed by atoms with Crippen molar-refractivity contribution in [3.8, 4) is 11.3 Å². The summed E-state index contributed by atoms with van der Waals surface area (Å²) < 4.78 is 5.83. The highest BCUT2D eigenvalue weighted by atomic mass is 16.4. The van der Waals surface area contributed by atoms with Crippen LogP contribution in [0.1, 0.15) is 50.0 Å². The molecule has 1 aromatic carbocycles. The molecule has 0 unspecified atom stereocenters. The maximum absolute atomic E-state index is 12.7. The van der Waals surface area contributed by atoms with Crippen molar-refractivity contribution in [1.82, 2.24) is 14.8 Å². The summed E-state index contributed by atoms with van der Waals surface area (Å²) in [6.07, 6.45) is 7.63. The van der Waals surface area contributed by atoms with Crippen LogP contribution in [-0.2, 0) is 16.0 Å². The van der Waals surface area contributed by atoms with Crippen molar-refractivity contribution >= 4 is 11.8 Å². The smallest absolute Gasteiger partial charge is 0.225 e. The summed E-state index contributed by atoms with van der Waals surface area (Å²) in [5.41, 5.74) is 2.19. The van der Waals surface area contributed by atoms with Crippen molar-refractivity contribution in [2.45, 2.75) is 51.9 Å². The van der Waals surface area contributed by atoms with Crippen molar-refractivity contribution in [2.75, 3.05) is 26.2 Å². The Labute approximate surface area is 178 Å². The van der Waals surface area contributed by atoms with Gasteiger partial charge in [0.1, 0.15) is 0 Å². The molecule has 2 saturated heterocycles. The lowest BCUT2D eigenvalue weighted by molar-refractivity contribution is -0.141. The van der Waals surface area contributed by atoms with E-state index in [1.165, 1.54) is 12.0 Å². The summed E-state index contributed by atoms with van der Waals surface area (Å²) in [5, 5.41) is 0. The van der Waals surface area contributed by atoms with Crippen LogP contribution >= 0.6 is 0 Å². The first-order chi connectivity index (χ1) is 14.6. The molecule has 0 spiro atoms. The van der Waals surface area contributed by atoms with E-state index in [4.69, 9.17) is 4.42 Å². The third-order valence-corrected chi connectivity index (χ3v) is 6.31. The lowest BCUT2D eigenvalue weighted by Crippen LogP contribution is -2.45. The summed E-state index contributed by atoms with van der Waals surface area (Å²) in [6.45, 7) is 5.19. The molecule has 0 radical (unpaired) electrons. The zero-order chi connectivity index (χ0) is 20.9. The number of oxazole rings is 1. The zero-order valence-electron chi connectivity index (χ0n) is 17.8. The minimum atomic E-state index is 0.0796. The molecular formula is C24H31N3O3. The van der Waals surface area contributed by atoms with Gasteiger partial charge in [0.2, 0.25) is 11.8 Å². The standard InChI is InChI=1S/C24H31N3O3/c1-18-5-7-19(8-6-18)21-17-25-22(30-21)9-10-23(28)26-15-11-20(12-16-26)24(29)27-13-3-2-4-14-27/h5-8,17,20H,2-4,9-16H2,1H3. The van der Waals surface area contributed by atoms with Gasteiger partial charge in [-0.3, -0.25) is 9.59 Å². The number of carbonyl (C=O) groups excluding carboxylic acids is 2. The van der Waals surface area contributed by atoms with Gasteiger partial charge < -0.3 is 14.2 Å². The quantitative estimate of drug-likeness (QED) is 0.753. The number of piperidine rings is 2. The first kappa shape index (κ1) is 20.6. The van der Waals surface area contributed by atoms with E-state index in [0.717, 1.165) is 50.1 Å². The van der Waals surface area contributed by atoms with Crippen molar-refractivity contribution in [1.29, 1.82) is 0 Å². The number of likely N-dealkylation sites (tertiary alicyclic amines) is 2. The molecule has 0 N–H and O–H groups in total. The van der Waals surface area contributed by atoms with Crippen LogP contribution in [0.15, 0.2) is 34.9 Å². The Kier molecular flexibility index (Phi) is 6.50. The second-order valence-corrected chi connectivity index (χ2v) is 8.53. The van der Waals surface area contributed by atoms with Gasteiger partial charge in [0.05, 0.1) is 6.20 Å². The monoisotopic (exact) mass is 409 g/mol. The summed E-state index contributed by atoms with van der Waals surface area (Å²) >= 11 is 0. The third kappa shape index (κ3) is 4.91. The predicted molar refractivity (Wildman–Crippen MR) is 115 cm³/mol. The normalized spacial score (nSPS) is 17.9. The molecule has 0 saturated carbocycles. The molecule has 0 bridgehead atoms. The SMILES string of the molecule is Cc1ccc(-c2cnc(CCC(=O)N3CCC(C(=O)N4CCCCC4)CC3)o2)cc1. The molecule has 6 heteroatoms. The van der Waals surface area contributed by atoms with Crippen molar-refractivity contribution in [2.24, 2.45) is 5.92 Å². The molecule has 6 nitrogen and oxygen atoms in total. The molecule has 2 aliphatic rings. The maximum Gasteiger partial charge on any atom is 0.225 e. The summed E-state index contributed by atoms with van der Waals surface area (Å²) in [7, 11) is 0. The largest absolute Gasteiger partial charge is 0.441 e. The maximum atomic E-state index is 12.7. The third-order valence-electron chi connectivity index (χ3n) is 6.31. The van der Waals surface area contributed by atoms with Gasteiger partial charge >= 0.3 is 0 Å². The highest BCUT2D eigenvalue weighted by Crippen LogP contribution is 2.24. The number of aromatic nitrogens is 1. The van der Waals surface area contributed by atoms with Crippen LogP contribution in [0.5, 0.6) is 0 Å². The molecule has 2 aliphatic heterocycles. The van der Waals surface area contributed by atoms with Gasteiger partial charge in [0.25, 0.3) is 0 Å². The number of hydrogen-bond acceptors (Lipinski definition) is 4. The number of aryl methyl sites for hydroxylation is 2. The molecular weight excluding hydrogens is 378 g/mol. The van der Waals surface area contributed by atoms with E-state index in [1.807, 2.05) is 41.0 Å². The number of hydrogen-bond donors (Lipinski definition) is 0. The van der Waals surface area contributed by atoms with Gasteiger partial charge in [-0.15, -0.1) is 0 Å². The van der Waals surface area contributed by atoms with E-state index in [1.54, 1.807) is 6.20 Å². The van der Waals surface area contributed by atoms with Crippen molar-refractivity contribution in [3.63, 3.8) is 0 Å². The number of rotatable bonds is 5. The Morgan fingerprint density at radius 2 is 1.70 bits per heavy atom. The fourth-order valence-electron chi connectivity index (χ4n) is 4.40. The molecule has 3 heterocycles. The van der Waals surface area contributed by atoms with Crippen LogP contribution < -0.4 is 0 Å². The van der Waals surface area contributed by atoms with Gasteiger partial charge in [-0.1, -0.05) is 29.8 Å². The summed E-state index contributed by atoms with van der Waals surface area (Å²) in [4.78, 5) is 33.6. The molecule has 160 valence electrons. The summed E-state index contributed by atoms with van der Waals surface area (Å²) in [6, 6.07) is 8.11. The highest BCUT2D eigenvalue weighted by Gasteiger charge is 2.30. The van der Waals surface area contributed by atoms with Gasteiger partial charge in [-0.05, 0) is 39.0 Å². The lowest BCUT2D eigenvalue weighted by atomic mass is 9.94. The molecule has 1 aromatic heterocycles. The molecule has 0 aliphatic carbocycles. The molecule has 2 fully saturated rings. The Balaban J connectivity index is 1.23. The minimum Gasteiger partial charge on any atom is -0.441 e. The van der Waals surface area contributed by atoms with E-state index in [9.17, 15) is 9.59 Å². The van der Waals surface area contributed by atoms with Crippen LogP contribution in [0, 0.1) is 12.8 Å². The number of amides is 2. The average molecular weight is 410 g/mol. The fourth-order valence-corrected chi connectivity index (χ4v) is 4.40. The van der Waals surface area contributed by atoms with E-state index in [0.29, 0.717) is 37.7 Å². The lowest BCUT2D eigenvalue weighted by Gasteiger charge is -2.35. The predicted octanol–water partition coefficient (Wildman–Crippen LogP) is 3.83. The number of carbonyl (C=O) groups is 2. The van der Waals surface area contributed by atoms with Crippen molar-refractivity contribution < 1.29 is 14.0 Å². The van der Waals surface area contributed by atoms with Gasteiger partial charge in [-0.25, -0.2) is 4.98 Å². The fraction of sp³-hybridized carbons (Fsp3) is 0.542. The van der Waals surface area contributed by atoms with Crippen LogP contribution in [0.3, 0.4) is 0 Å². The van der Waals surface area contributed by atoms with Crippen LogP contribution in [-0.4, -0.2) is 52.8 Å². The molecule has 2 amide bonds. The van der Waals surface area contributed by atoms with Gasteiger partial charge in [0, 0.05) is 50.5 Å². The minimum absolute atomic E-state index is 0.0796. The Morgan fingerprint density at radius 3 is 2.40 bits per heavy atom. The van der Waals surface area contributed by atoms with Crippen LogP contribution in [0.25, 0.3) is 11.3 Å². The molecule has 30 heavy (non-hydrogen) atoms. The molecule has 4 rings (SSSR count). The molecule has 0 atom stereocenters. The summed E-state index contributed by atoms with van der Waals surface area (Å²) in [5.74, 6) is 1.82. The Morgan fingerprint density at radius 1 is 1.00 bits per heavy atom. The second-order valence-electron chi connectivity index (χ2n) is 8.53. The Hall–Kier alpha value is -2.63. The second kappa shape index (κ2) is 9.45. The number of benzene rings is 1. The van der Waals surface area contributed by atoms with Gasteiger partial charge in [0.15, 0.2) is 11.7 Å². The van der Waals surface area contributed by atoms with E-state index >= 15 is 0 Å². The molecule has 2 aromatic rings. The Bertz CT molecular complexity index is 860. The van der Waals surface area contributed by atoms with E-state index < -0.39 is 0 Å². The first-order valence-electron chi connectivity index (χ1n) is 11.2. The first-order valence-corrected chi connectivity index (χ1v) is 11.2. The van der Waals surface area contributed by atoms with E-state index in [2.05, 4.69) is 4.98 Å². The highest BCUT2D eigenvalue weighted by molar-refractivity contribution is 5.80. The zero-order valence-corrected chi connectivity index (χ0v) is 17.8. The number of nitrogens with zero attached hydrogens (tertiary/aromatic N) is 3. The average Bonchev–Trinajstić information content (AvgIpc) is 3.27. The topological polar surface area (TPSA) is 66.7 Å².